The fourth-order valence-corrected chi connectivity index (χ4v) is 2.96. The highest BCUT2D eigenvalue weighted by atomic mass is 32.2. The van der Waals surface area contributed by atoms with Gasteiger partial charge in [-0.05, 0) is 12.2 Å². The van der Waals surface area contributed by atoms with E-state index in [0.717, 1.165) is 37.1 Å². The molecule has 1 aliphatic heterocycles. The maximum absolute atomic E-state index is 13.6. The molecule has 1 aromatic carbocycles. The van der Waals surface area contributed by atoms with Gasteiger partial charge in [-0.15, -0.1) is 0 Å². The van der Waals surface area contributed by atoms with Gasteiger partial charge >= 0.3 is 0 Å². The molecule has 0 spiro atoms. The molecular formula is C12H15FN2O3S. The Morgan fingerprint density at radius 3 is 2.89 bits per heavy atom. The lowest BCUT2D eigenvalue weighted by Gasteiger charge is -2.22. The molecule has 1 fully saturated rings. The van der Waals surface area contributed by atoms with E-state index in [0.29, 0.717) is 5.69 Å². The van der Waals surface area contributed by atoms with Crippen molar-refractivity contribution in [2.45, 2.75) is 6.42 Å². The minimum absolute atomic E-state index is 0.0394. The summed E-state index contributed by atoms with van der Waals surface area (Å²) in [7, 11) is 1.35. The summed E-state index contributed by atoms with van der Waals surface area (Å²) >= 11 is 1.82. The van der Waals surface area contributed by atoms with E-state index in [-0.39, 0.29) is 11.4 Å². The van der Waals surface area contributed by atoms with Gasteiger partial charge in [-0.25, -0.2) is 4.39 Å². The van der Waals surface area contributed by atoms with E-state index < -0.39 is 10.7 Å². The van der Waals surface area contributed by atoms with Gasteiger partial charge in [-0.3, -0.25) is 10.1 Å². The smallest absolute Gasteiger partial charge is 0.295 e. The minimum Gasteiger partial charge on any atom is -0.494 e. The van der Waals surface area contributed by atoms with Crippen molar-refractivity contribution >= 4 is 23.1 Å². The highest BCUT2D eigenvalue weighted by Gasteiger charge is 2.24. The first kappa shape index (κ1) is 13.9. The SMILES string of the molecule is COc1cc(N2CCCSCC2)c([N+](=O)[O-])cc1F. The zero-order valence-electron chi connectivity index (χ0n) is 10.6. The zero-order chi connectivity index (χ0) is 13.8. The summed E-state index contributed by atoms with van der Waals surface area (Å²) in [4.78, 5) is 12.5. The normalized spacial score (nSPS) is 16.0. The van der Waals surface area contributed by atoms with Gasteiger partial charge in [0.2, 0.25) is 0 Å². The molecule has 5 nitrogen and oxygen atoms in total. The maximum atomic E-state index is 13.6. The lowest BCUT2D eigenvalue weighted by Crippen LogP contribution is -2.26. The summed E-state index contributed by atoms with van der Waals surface area (Å²) in [6, 6.07) is 2.36. The number of nitro groups is 1. The molecule has 7 heteroatoms. The van der Waals surface area contributed by atoms with Gasteiger partial charge in [-0.1, -0.05) is 0 Å². The van der Waals surface area contributed by atoms with Gasteiger partial charge in [0, 0.05) is 24.9 Å². The highest BCUT2D eigenvalue weighted by Crippen LogP contribution is 2.35. The molecule has 0 N–H and O–H groups in total. The molecule has 0 bridgehead atoms. The Labute approximate surface area is 114 Å². The summed E-state index contributed by atoms with van der Waals surface area (Å²) in [6.07, 6.45) is 0.960. The van der Waals surface area contributed by atoms with E-state index >= 15 is 0 Å². The lowest BCUT2D eigenvalue weighted by molar-refractivity contribution is -0.384. The Kier molecular flexibility index (Phi) is 4.47. The predicted molar refractivity (Wildman–Crippen MR) is 73.8 cm³/mol. The predicted octanol–water partition coefficient (Wildman–Crippen LogP) is 2.69. The van der Waals surface area contributed by atoms with Gasteiger partial charge in [0.15, 0.2) is 11.6 Å². The Bertz CT molecular complexity index is 476. The van der Waals surface area contributed by atoms with Gasteiger partial charge in [0.05, 0.1) is 18.1 Å². The third-order valence-corrected chi connectivity index (χ3v) is 4.06. The fraction of sp³-hybridized carbons (Fsp3) is 0.500. The standard InChI is InChI=1S/C12H15FN2O3S/c1-18-12-8-10(11(15(16)17)7-9(12)13)14-3-2-5-19-6-4-14/h7-8H,2-6H2,1H3. The molecule has 0 aliphatic carbocycles. The van der Waals surface area contributed by atoms with Gasteiger partial charge < -0.3 is 9.64 Å². The van der Waals surface area contributed by atoms with E-state index in [1.165, 1.54) is 13.2 Å². The molecule has 104 valence electrons. The summed E-state index contributed by atoms with van der Waals surface area (Å²) in [5.41, 5.74) is 0.232. The van der Waals surface area contributed by atoms with Crippen LogP contribution in [0.15, 0.2) is 12.1 Å². The molecule has 1 saturated heterocycles. The molecule has 1 heterocycles. The highest BCUT2D eigenvalue weighted by molar-refractivity contribution is 7.99. The van der Waals surface area contributed by atoms with E-state index in [1.807, 2.05) is 16.7 Å². The Morgan fingerprint density at radius 1 is 1.42 bits per heavy atom. The van der Waals surface area contributed by atoms with Crippen molar-refractivity contribution in [1.29, 1.82) is 0 Å². The number of ether oxygens (including phenoxy) is 1. The van der Waals surface area contributed by atoms with E-state index in [1.54, 1.807) is 0 Å². The molecule has 0 amide bonds. The number of hydrogen-bond donors (Lipinski definition) is 0. The van der Waals surface area contributed by atoms with Crippen molar-refractivity contribution in [2.75, 3.05) is 36.6 Å². The number of methoxy groups -OCH3 is 1. The van der Waals surface area contributed by atoms with Crippen LogP contribution in [0.5, 0.6) is 5.75 Å². The monoisotopic (exact) mass is 286 g/mol. The van der Waals surface area contributed by atoms with Crippen LogP contribution in [0.1, 0.15) is 6.42 Å². The van der Waals surface area contributed by atoms with Crippen molar-refractivity contribution in [3.63, 3.8) is 0 Å². The molecular weight excluding hydrogens is 271 g/mol. The van der Waals surface area contributed by atoms with Crippen LogP contribution in [0.3, 0.4) is 0 Å². The Morgan fingerprint density at radius 2 is 2.21 bits per heavy atom. The van der Waals surface area contributed by atoms with E-state index in [9.17, 15) is 14.5 Å². The average molecular weight is 286 g/mol. The molecule has 0 saturated carbocycles. The molecule has 2 rings (SSSR count). The largest absolute Gasteiger partial charge is 0.494 e. The van der Waals surface area contributed by atoms with Crippen LogP contribution in [0, 0.1) is 15.9 Å². The molecule has 0 aromatic heterocycles. The zero-order valence-corrected chi connectivity index (χ0v) is 11.4. The van der Waals surface area contributed by atoms with Gasteiger partial charge in [0.25, 0.3) is 5.69 Å². The maximum Gasteiger partial charge on any atom is 0.295 e. The Hall–Kier alpha value is -1.50. The van der Waals surface area contributed by atoms with Crippen LogP contribution in [0.4, 0.5) is 15.8 Å². The van der Waals surface area contributed by atoms with Crippen molar-refractivity contribution in [3.8, 4) is 5.75 Å². The van der Waals surface area contributed by atoms with Crippen LogP contribution in [-0.4, -0.2) is 36.6 Å². The number of benzene rings is 1. The Balaban J connectivity index is 2.42. The first-order valence-corrected chi connectivity index (χ1v) is 7.13. The van der Waals surface area contributed by atoms with E-state index in [2.05, 4.69) is 0 Å². The number of anilines is 1. The van der Waals surface area contributed by atoms with Crippen LogP contribution < -0.4 is 9.64 Å². The van der Waals surface area contributed by atoms with Crippen molar-refractivity contribution < 1.29 is 14.1 Å². The quantitative estimate of drug-likeness (QED) is 0.631. The number of nitrogens with zero attached hydrogens (tertiary/aromatic N) is 2. The van der Waals surface area contributed by atoms with Gasteiger partial charge in [0.1, 0.15) is 5.69 Å². The second-order valence-corrected chi connectivity index (χ2v) is 5.41. The van der Waals surface area contributed by atoms with Crippen molar-refractivity contribution in [3.05, 3.63) is 28.1 Å². The minimum atomic E-state index is -0.706. The van der Waals surface area contributed by atoms with Crippen LogP contribution in [0.2, 0.25) is 0 Å². The lowest BCUT2D eigenvalue weighted by atomic mass is 10.2. The van der Waals surface area contributed by atoms with Crippen molar-refractivity contribution in [2.24, 2.45) is 0 Å². The molecule has 19 heavy (non-hydrogen) atoms. The van der Waals surface area contributed by atoms with Crippen molar-refractivity contribution in [1.82, 2.24) is 0 Å². The number of thioether (sulfide) groups is 1. The summed E-state index contributed by atoms with van der Waals surface area (Å²) in [5.74, 6) is 1.29. The number of nitro benzene ring substituents is 1. The summed E-state index contributed by atoms with van der Waals surface area (Å²) < 4.78 is 18.5. The molecule has 0 radical (unpaired) electrons. The third-order valence-electron chi connectivity index (χ3n) is 3.01. The number of rotatable bonds is 3. The topological polar surface area (TPSA) is 55.6 Å². The third kappa shape index (κ3) is 3.09. The molecule has 0 unspecified atom stereocenters. The second kappa shape index (κ2) is 6.10. The first-order chi connectivity index (χ1) is 9.13. The summed E-state index contributed by atoms with van der Waals surface area (Å²) in [6.45, 7) is 1.46. The summed E-state index contributed by atoms with van der Waals surface area (Å²) in [5, 5.41) is 11.1. The van der Waals surface area contributed by atoms with Crippen LogP contribution in [-0.2, 0) is 0 Å². The van der Waals surface area contributed by atoms with E-state index in [4.69, 9.17) is 4.74 Å². The number of hydrogen-bond acceptors (Lipinski definition) is 5. The average Bonchev–Trinajstić information content (AvgIpc) is 2.67. The fourth-order valence-electron chi connectivity index (χ4n) is 2.08. The first-order valence-electron chi connectivity index (χ1n) is 5.98. The molecule has 0 atom stereocenters. The second-order valence-electron chi connectivity index (χ2n) is 4.19. The molecule has 1 aromatic rings. The van der Waals surface area contributed by atoms with Crippen LogP contribution >= 0.6 is 11.8 Å². The van der Waals surface area contributed by atoms with Crippen LogP contribution in [0.25, 0.3) is 0 Å². The van der Waals surface area contributed by atoms with Gasteiger partial charge in [-0.2, -0.15) is 11.8 Å². The number of halogens is 1. The molecule has 1 aliphatic rings.